The van der Waals surface area contributed by atoms with Gasteiger partial charge in [0, 0.05) is 6.20 Å². The summed E-state index contributed by atoms with van der Waals surface area (Å²) in [5, 5.41) is 13.7. The lowest BCUT2D eigenvalue weighted by Crippen LogP contribution is -2.16. The van der Waals surface area contributed by atoms with Crippen LogP contribution in [0.3, 0.4) is 0 Å². The van der Waals surface area contributed by atoms with Crippen molar-refractivity contribution in [1.82, 2.24) is 25.2 Å². The molecule has 104 valence electrons. The van der Waals surface area contributed by atoms with E-state index < -0.39 is 0 Å². The van der Waals surface area contributed by atoms with E-state index >= 15 is 0 Å². The number of nitrogens with one attached hydrogen (secondary N) is 1. The maximum Gasteiger partial charge on any atom is 0.259 e. The Balaban J connectivity index is 1.90. The number of nitrogens with zero attached hydrogens (tertiary/aromatic N) is 5. The van der Waals surface area contributed by atoms with Gasteiger partial charge in [0.2, 0.25) is 0 Å². The Bertz CT molecular complexity index is 751. The van der Waals surface area contributed by atoms with Gasteiger partial charge in [-0.2, -0.15) is 4.68 Å². The SMILES string of the molecule is Cc1ccc(NC(=O)c2ccccc2-n2cnnn2)nc1. The number of carbonyl (C=O) groups excluding carboxylic acids is 1. The van der Waals surface area contributed by atoms with Crippen LogP contribution in [-0.4, -0.2) is 31.1 Å². The van der Waals surface area contributed by atoms with E-state index in [0.29, 0.717) is 17.1 Å². The molecule has 2 heterocycles. The molecule has 0 fully saturated rings. The molecule has 2 aromatic heterocycles. The lowest BCUT2D eigenvalue weighted by atomic mass is 10.1. The van der Waals surface area contributed by atoms with Crippen LogP contribution in [0.5, 0.6) is 0 Å². The average Bonchev–Trinajstić information content (AvgIpc) is 3.04. The fourth-order valence-corrected chi connectivity index (χ4v) is 1.86. The van der Waals surface area contributed by atoms with E-state index in [-0.39, 0.29) is 5.91 Å². The predicted molar refractivity (Wildman–Crippen MR) is 76.1 cm³/mol. The van der Waals surface area contributed by atoms with E-state index in [4.69, 9.17) is 0 Å². The van der Waals surface area contributed by atoms with Gasteiger partial charge in [0.1, 0.15) is 12.1 Å². The molecule has 0 unspecified atom stereocenters. The van der Waals surface area contributed by atoms with E-state index in [1.165, 1.54) is 11.0 Å². The Morgan fingerprint density at radius 2 is 2.05 bits per heavy atom. The molecule has 0 saturated heterocycles. The van der Waals surface area contributed by atoms with Gasteiger partial charge < -0.3 is 5.32 Å². The molecule has 0 bridgehead atoms. The number of para-hydroxylation sites is 1. The highest BCUT2D eigenvalue weighted by Gasteiger charge is 2.13. The zero-order chi connectivity index (χ0) is 14.7. The number of aromatic nitrogens is 5. The Kier molecular flexibility index (Phi) is 3.38. The first-order chi connectivity index (χ1) is 10.2. The number of rotatable bonds is 3. The third-order valence-corrected chi connectivity index (χ3v) is 2.90. The van der Waals surface area contributed by atoms with E-state index in [2.05, 4.69) is 25.8 Å². The van der Waals surface area contributed by atoms with Gasteiger partial charge in [0.15, 0.2) is 0 Å². The topological polar surface area (TPSA) is 85.6 Å². The molecule has 0 spiro atoms. The Hall–Kier alpha value is -3.09. The molecule has 3 rings (SSSR count). The number of tetrazole rings is 1. The van der Waals surface area contributed by atoms with Crippen molar-refractivity contribution >= 4 is 11.7 Å². The molecule has 3 aromatic rings. The third kappa shape index (κ3) is 2.76. The molecule has 0 atom stereocenters. The highest BCUT2D eigenvalue weighted by atomic mass is 16.1. The van der Waals surface area contributed by atoms with Gasteiger partial charge in [-0.1, -0.05) is 18.2 Å². The molecular formula is C14H12N6O. The Morgan fingerprint density at radius 3 is 2.76 bits per heavy atom. The maximum absolute atomic E-state index is 12.4. The van der Waals surface area contributed by atoms with Crippen molar-refractivity contribution in [2.45, 2.75) is 6.92 Å². The minimum absolute atomic E-state index is 0.266. The smallest absolute Gasteiger partial charge is 0.259 e. The van der Waals surface area contributed by atoms with Gasteiger partial charge in [-0.15, -0.1) is 5.10 Å². The predicted octanol–water partition coefficient (Wildman–Crippen LogP) is 1.62. The molecule has 0 aliphatic heterocycles. The van der Waals surface area contributed by atoms with Crippen LogP contribution >= 0.6 is 0 Å². The Labute approximate surface area is 120 Å². The van der Waals surface area contributed by atoms with Crippen LogP contribution in [0.4, 0.5) is 5.82 Å². The van der Waals surface area contributed by atoms with Crippen molar-refractivity contribution < 1.29 is 4.79 Å². The summed E-state index contributed by atoms with van der Waals surface area (Å²) in [6, 6.07) is 10.7. The van der Waals surface area contributed by atoms with Crippen LogP contribution in [0.2, 0.25) is 0 Å². The number of hydrogen-bond acceptors (Lipinski definition) is 5. The first-order valence-corrected chi connectivity index (χ1v) is 6.30. The van der Waals surface area contributed by atoms with Crippen molar-refractivity contribution in [2.24, 2.45) is 0 Å². The number of pyridine rings is 1. The summed E-state index contributed by atoms with van der Waals surface area (Å²) < 4.78 is 1.44. The molecule has 1 amide bonds. The zero-order valence-electron chi connectivity index (χ0n) is 11.3. The molecule has 0 aliphatic rings. The van der Waals surface area contributed by atoms with Gasteiger partial charge >= 0.3 is 0 Å². The molecule has 1 aromatic carbocycles. The number of aryl methyl sites for hydroxylation is 1. The molecule has 0 saturated carbocycles. The monoisotopic (exact) mass is 280 g/mol. The van der Waals surface area contributed by atoms with Crippen molar-refractivity contribution in [3.05, 3.63) is 60.0 Å². The van der Waals surface area contributed by atoms with Crippen molar-refractivity contribution in [2.75, 3.05) is 5.32 Å². The number of benzene rings is 1. The quantitative estimate of drug-likeness (QED) is 0.788. The number of anilines is 1. The average molecular weight is 280 g/mol. The molecular weight excluding hydrogens is 268 g/mol. The number of amides is 1. The van der Waals surface area contributed by atoms with Crippen molar-refractivity contribution in [1.29, 1.82) is 0 Å². The van der Waals surface area contributed by atoms with E-state index in [1.54, 1.807) is 30.5 Å². The maximum atomic E-state index is 12.4. The standard InChI is InChI=1S/C14H12N6O/c1-10-6-7-13(15-8-10)17-14(21)11-4-2-3-5-12(11)20-9-16-18-19-20/h2-9H,1H3,(H,15,17,21). The summed E-state index contributed by atoms with van der Waals surface area (Å²) in [6.45, 7) is 1.94. The van der Waals surface area contributed by atoms with Crippen LogP contribution in [0.15, 0.2) is 48.9 Å². The number of carbonyl (C=O) groups is 1. The Morgan fingerprint density at radius 1 is 1.19 bits per heavy atom. The van der Waals surface area contributed by atoms with Gasteiger partial charge in [0.05, 0.1) is 11.3 Å². The summed E-state index contributed by atoms with van der Waals surface area (Å²) in [6.07, 6.45) is 3.14. The summed E-state index contributed by atoms with van der Waals surface area (Å²) in [4.78, 5) is 16.5. The molecule has 1 N–H and O–H groups in total. The highest BCUT2D eigenvalue weighted by molar-refractivity contribution is 6.06. The lowest BCUT2D eigenvalue weighted by molar-refractivity contribution is 0.102. The second-order valence-corrected chi connectivity index (χ2v) is 4.45. The van der Waals surface area contributed by atoms with E-state index in [9.17, 15) is 4.79 Å². The van der Waals surface area contributed by atoms with Crippen LogP contribution in [-0.2, 0) is 0 Å². The van der Waals surface area contributed by atoms with Crippen LogP contribution in [0.1, 0.15) is 15.9 Å². The van der Waals surface area contributed by atoms with Crippen LogP contribution in [0, 0.1) is 6.92 Å². The molecule has 21 heavy (non-hydrogen) atoms. The fraction of sp³-hybridized carbons (Fsp3) is 0.0714. The zero-order valence-corrected chi connectivity index (χ0v) is 11.3. The van der Waals surface area contributed by atoms with E-state index in [0.717, 1.165) is 5.56 Å². The second kappa shape index (κ2) is 5.49. The van der Waals surface area contributed by atoms with Crippen LogP contribution < -0.4 is 5.32 Å². The largest absolute Gasteiger partial charge is 0.306 e. The summed E-state index contributed by atoms with van der Waals surface area (Å²) in [5.41, 5.74) is 2.10. The van der Waals surface area contributed by atoms with Crippen molar-refractivity contribution in [3.63, 3.8) is 0 Å². The summed E-state index contributed by atoms with van der Waals surface area (Å²) in [7, 11) is 0. The molecule has 0 aliphatic carbocycles. The van der Waals surface area contributed by atoms with E-state index in [1.807, 2.05) is 19.1 Å². The number of hydrogen-bond donors (Lipinski definition) is 1. The first-order valence-electron chi connectivity index (χ1n) is 6.30. The second-order valence-electron chi connectivity index (χ2n) is 4.45. The molecule has 7 nitrogen and oxygen atoms in total. The minimum atomic E-state index is -0.266. The van der Waals surface area contributed by atoms with Gasteiger partial charge in [0.25, 0.3) is 5.91 Å². The third-order valence-electron chi connectivity index (χ3n) is 2.90. The first kappa shape index (κ1) is 12.9. The summed E-state index contributed by atoms with van der Waals surface area (Å²) in [5.74, 6) is 0.231. The summed E-state index contributed by atoms with van der Waals surface area (Å²) >= 11 is 0. The molecule has 7 heteroatoms. The highest BCUT2D eigenvalue weighted by Crippen LogP contribution is 2.14. The normalized spacial score (nSPS) is 10.3. The van der Waals surface area contributed by atoms with Crippen molar-refractivity contribution in [3.8, 4) is 5.69 Å². The van der Waals surface area contributed by atoms with Gasteiger partial charge in [-0.3, -0.25) is 4.79 Å². The fourth-order valence-electron chi connectivity index (χ4n) is 1.86. The van der Waals surface area contributed by atoms with Gasteiger partial charge in [-0.25, -0.2) is 4.98 Å². The molecule has 0 radical (unpaired) electrons. The van der Waals surface area contributed by atoms with Gasteiger partial charge in [-0.05, 0) is 41.1 Å². The lowest BCUT2D eigenvalue weighted by Gasteiger charge is -2.08. The minimum Gasteiger partial charge on any atom is -0.306 e. The van der Waals surface area contributed by atoms with Crippen LogP contribution in [0.25, 0.3) is 5.69 Å².